The highest BCUT2D eigenvalue weighted by atomic mass is 28.2. The first-order chi connectivity index (χ1) is 12.2. The lowest BCUT2D eigenvalue weighted by Gasteiger charge is -2.22. The molecule has 0 unspecified atom stereocenters. The lowest BCUT2D eigenvalue weighted by molar-refractivity contribution is 1.09. The molecule has 2 aromatic rings. The van der Waals surface area contributed by atoms with Crippen LogP contribution in [0.15, 0.2) is 59.7 Å². The van der Waals surface area contributed by atoms with Crippen molar-refractivity contribution < 1.29 is 0 Å². The number of allylic oxidation sites excluding steroid dienone is 4. The summed E-state index contributed by atoms with van der Waals surface area (Å²) in [6, 6.07) is 18.1. The maximum absolute atomic E-state index is 2.34. The molecule has 25 heavy (non-hydrogen) atoms. The first-order valence-corrected chi connectivity index (χ1v) is 10.9. The average molecular weight is 343 g/mol. The van der Waals surface area contributed by atoms with Gasteiger partial charge >= 0.3 is 0 Å². The van der Waals surface area contributed by atoms with Crippen molar-refractivity contribution in [1.82, 2.24) is 0 Å². The molecule has 0 aromatic heterocycles. The summed E-state index contributed by atoms with van der Waals surface area (Å²) in [5, 5.41) is 0. The molecule has 1 heteroatoms. The van der Waals surface area contributed by atoms with Crippen LogP contribution in [-0.2, 0) is 0 Å². The third-order valence-electron chi connectivity index (χ3n) is 6.01. The summed E-state index contributed by atoms with van der Waals surface area (Å²) in [4.78, 5) is 0. The van der Waals surface area contributed by atoms with Gasteiger partial charge in [0.25, 0.3) is 0 Å². The second-order valence-electron chi connectivity index (χ2n) is 7.14. The predicted molar refractivity (Wildman–Crippen MR) is 112 cm³/mol. The highest BCUT2D eigenvalue weighted by Gasteiger charge is 2.36. The summed E-state index contributed by atoms with van der Waals surface area (Å²) in [6.07, 6.45) is 2.28. The van der Waals surface area contributed by atoms with Gasteiger partial charge in [0.1, 0.15) is 0 Å². The molecule has 0 N–H and O–H groups in total. The van der Waals surface area contributed by atoms with Crippen molar-refractivity contribution in [1.29, 1.82) is 0 Å². The summed E-state index contributed by atoms with van der Waals surface area (Å²) in [5.41, 5.74) is 15.5. The Morgan fingerprint density at radius 2 is 0.960 bits per heavy atom. The Balaban J connectivity index is 1.78. The number of fused-ring (bicyclic) bond motifs is 2. The first-order valence-electron chi connectivity index (χ1n) is 9.48. The lowest BCUT2D eigenvalue weighted by atomic mass is 10.1. The van der Waals surface area contributed by atoms with Crippen molar-refractivity contribution in [2.45, 2.75) is 40.5 Å². The third kappa shape index (κ3) is 2.48. The Morgan fingerprint density at radius 3 is 1.32 bits per heavy atom. The van der Waals surface area contributed by atoms with Gasteiger partial charge in [-0.1, -0.05) is 73.5 Å². The van der Waals surface area contributed by atoms with Gasteiger partial charge in [0, 0.05) is 11.1 Å². The Hall–Kier alpha value is -1.86. The van der Waals surface area contributed by atoms with E-state index in [9.17, 15) is 0 Å². The molecule has 2 aromatic carbocycles. The van der Waals surface area contributed by atoms with E-state index in [1.807, 2.05) is 0 Å². The largest absolute Gasteiger partial charge is 0.0619 e. The zero-order chi connectivity index (χ0) is 17.6. The molecule has 2 aliphatic carbocycles. The molecular weight excluding hydrogens is 316 g/mol. The molecule has 126 valence electrons. The van der Waals surface area contributed by atoms with Gasteiger partial charge in [0.15, 0.2) is 0 Å². The molecule has 0 spiro atoms. The normalized spacial score (nSPS) is 17.4. The van der Waals surface area contributed by atoms with Crippen LogP contribution in [0.1, 0.15) is 62.8 Å². The Morgan fingerprint density at radius 1 is 0.600 bits per heavy atom. The van der Waals surface area contributed by atoms with Crippen molar-refractivity contribution in [2.75, 3.05) is 0 Å². The van der Waals surface area contributed by atoms with Gasteiger partial charge < -0.3 is 0 Å². The summed E-state index contributed by atoms with van der Waals surface area (Å²) in [5.74, 6) is 0. The van der Waals surface area contributed by atoms with Crippen LogP contribution in [0.25, 0.3) is 11.1 Å². The van der Waals surface area contributed by atoms with E-state index in [1.54, 1.807) is 22.2 Å². The van der Waals surface area contributed by atoms with Crippen LogP contribution >= 0.6 is 0 Å². The van der Waals surface area contributed by atoms with Crippen LogP contribution in [0.3, 0.4) is 0 Å². The quantitative estimate of drug-likeness (QED) is 0.624. The Bertz CT molecular complexity index is 811. The number of rotatable bonds is 4. The number of hydrogen-bond acceptors (Lipinski definition) is 0. The molecule has 0 atom stereocenters. The van der Waals surface area contributed by atoms with Crippen LogP contribution < -0.4 is 0 Å². The second kappa shape index (κ2) is 6.46. The SMILES string of the molecule is CCC1=C(C)c2ccccc2[C]1[SiH2][C]1C(CC)=C(C)c2ccccc21. The smallest absolute Gasteiger partial charge is 0.0575 e. The number of benzene rings is 2. The van der Waals surface area contributed by atoms with Crippen LogP contribution in [-0.4, -0.2) is 9.52 Å². The third-order valence-corrected chi connectivity index (χ3v) is 8.33. The highest BCUT2D eigenvalue weighted by molar-refractivity contribution is 6.56. The van der Waals surface area contributed by atoms with E-state index in [-0.39, 0.29) is 0 Å². The minimum atomic E-state index is -0.516. The fourth-order valence-electron chi connectivity index (χ4n) is 4.79. The van der Waals surface area contributed by atoms with Crippen molar-refractivity contribution in [2.24, 2.45) is 0 Å². The van der Waals surface area contributed by atoms with E-state index in [2.05, 4.69) is 76.2 Å². The van der Waals surface area contributed by atoms with Gasteiger partial charge in [0.05, 0.1) is 9.52 Å². The second-order valence-corrected chi connectivity index (χ2v) is 8.91. The fourth-order valence-corrected chi connectivity index (χ4v) is 7.60. The van der Waals surface area contributed by atoms with E-state index >= 15 is 0 Å². The molecule has 0 saturated heterocycles. The Kier molecular flexibility index (Phi) is 4.29. The molecule has 0 nitrogen and oxygen atoms in total. The molecule has 0 saturated carbocycles. The van der Waals surface area contributed by atoms with Gasteiger partial charge in [-0.3, -0.25) is 0 Å². The van der Waals surface area contributed by atoms with Gasteiger partial charge in [-0.05, 0) is 60.1 Å². The maximum Gasteiger partial charge on any atom is 0.0575 e. The molecule has 0 fully saturated rings. The molecule has 0 heterocycles. The van der Waals surface area contributed by atoms with Gasteiger partial charge in [-0.15, -0.1) is 0 Å². The van der Waals surface area contributed by atoms with Crippen LogP contribution in [0.5, 0.6) is 0 Å². The molecule has 0 aliphatic heterocycles. The summed E-state index contributed by atoms with van der Waals surface area (Å²) in [7, 11) is -0.516. The average Bonchev–Trinajstić information content (AvgIpc) is 3.08. The molecule has 2 radical (unpaired) electrons. The molecule has 2 aliphatic rings. The van der Waals surface area contributed by atoms with Crippen LogP contribution in [0.2, 0.25) is 0 Å². The summed E-state index contributed by atoms with van der Waals surface area (Å²) < 4.78 is 0. The summed E-state index contributed by atoms with van der Waals surface area (Å²) in [6.45, 7) is 9.25. The van der Waals surface area contributed by atoms with Crippen molar-refractivity contribution in [3.63, 3.8) is 0 Å². The van der Waals surface area contributed by atoms with E-state index in [4.69, 9.17) is 0 Å². The van der Waals surface area contributed by atoms with Gasteiger partial charge in [-0.25, -0.2) is 0 Å². The highest BCUT2D eigenvalue weighted by Crippen LogP contribution is 2.48. The van der Waals surface area contributed by atoms with Gasteiger partial charge in [-0.2, -0.15) is 0 Å². The Labute approximate surface area is 154 Å². The lowest BCUT2D eigenvalue weighted by Crippen LogP contribution is -2.19. The fraction of sp³-hybridized carbons (Fsp3) is 0.250. The summed E-state index contributed by atoms with van der Waals surface area (Å²) >= 11 is 0. The first kappa shape index (κ1) is 16.6. The van der Waals surface area contributed by atoms with Crippen molar-refractivity contribution in [3.05, 3.63) is 93.0 Å². The monoisotopic (exact) mass is 342 g/mol. The molecule has 0 amide bonds. The van der Waals surface area contributed by atoms with Crippen molar-refractivity contribution in [3.8, 4) is 0 Å². The molecular formula is C24H26Si. The minimum Gasteiger partial charge on any atom is -0.0619 e. The minimum absolute atomic E-state index is 0.516. The predicted octanol–water partition coefficient (Wildman–Crippen LogP) is 5.71. The van der Waals surface area contributed by atoms with Crippen LogP contribution in [0.4, 0.5) is 0 Å². The molecule has 4 rings (SSSR count). The van der Waals surface area contributed by atoms with Crippen molar-refractivity contribution >= 4 is 20.7 Å². The van der Waals surface area contributed by atoms with E-state index in [0.717, 1.165) is 12.8 Å². The maximum atomic E-state index is 2.34. The van der Waals surface area contributed by atoms with E-state index in [1.165, 1.54) is 33.4 Å². The van der Waals surface area contributed by atoms with Gasteiger partial charge in [0.2, 0.25) is 0 Å². The number of hydrogen-bond donors (Lipinski definition) is 0. The van der Waals surface area contributed by atoms with Crippen LogP contribution in [0, 0.1) is 11.1 Å². The van der Waals surface area contributed by atoms with E-state index < -0.39 is 9.52 Å². The molecule has 0 bridgehead atoms. The van der Waals surface area contributed by atoms with E-state index in [0.29, 0.717) is 0 Å². The topological polar surface area (TPSA) is 0 Å². The zero-order valence-corrected chi connectivity index (χ0v) is 17.2. The standard InChI is InChI=1S/C24H26Si/c1-5-17-15(3)19-11-7-9-13-21(19)23(17)25-24-18(6-2)16(4)20-12-8-10-14-22(20)24/h7-14H,5-6,25H2,1-4H3. The zero-order valence-electron chi connectivity index (χ0n) is 15.7.